The summed E-state index contributed by atoms with van der Waals surface area (Å²) >= 11 is 0. The molecular formula is C61H40N4. The van der Waals surface area contributed by atoms with E-state index in [-0.39, 0.29) is 0 Å². The molecule has 0 saturated heterocycles. The maximum absolute atomic E-state index is 5.31. The molecule has 0 unspecified atom stereocenters. The fraction of sp³-hybridized carbons (Fsp3) is 0. The summed E-state index contributed by atoms with van der Waals surface area (Å²) in [5.74, 6) is 1.87. The van der Waals surface area contributed by atoms with Crippen molar-refractivity contribution in [1.82, 2.24) is 19.5 Å². The van der Waals surface area contributed by atoms with Crippen LogP contribution in [0.4, 0.5) is 0 Å². The van der Waals surface area contributed by atoms with Crippen molar-refractivity contribution < 1.29 is 0 Å². The van der Waals surface area contributed by atoms with Crippen LogP contribution in [0.2, 0.25) is 0 Å². The monoisotopic (exact) mass is 828 g/mol. The van der Waals surface area contributed by atoms with Crippen molar-refractivity contribution in [3.8, 4) is 84.4 Å². The first-order valence-electron chi connectivity index (χ1n) is 22.0. The van der Waals surface area contributed by atoms with Crippen molar-refractivity contribution >= 4 is 32.6 Å². The van der Waals surface area contributed by atoms with Crippen LogP contribution < -0.4 is 0 Å². The van der Waals surface area contributed by atoms with E-state index < -0.39 is 0 Å². The summed E-state index contributed by atoms with van der Waals surface area (Å²) in [4.78, 5) is 15.8. The van der Waals surface area contributed by atoms with Gasteiger partial charge in [0.05, 0.1) is 16.7 Å². The summed E-state index contributed by atoms with van der Waals surface area (Å²) in [5.41, 5.74) is 15.4. The minimum absolute atomic E-state index is 0.621. The summed E-state index contributed by atoms with van der Waals surface area (Å²) in [6, 6.07) is 85.9. The van der Waals surface area contributed by atoms with Gasteiger partial charge in [-0.15, -0.1) is 0 Å². The highest BCUT2D eigenvalue weighted by Gasteiger charge is 2.20. The third kappa shape index (κ3) is 6.85. The van der Waals surface area contributed by atoms with Gasteiger partial charge >= 0.3 is 0 Å². The van der Waals surface area contributed by atoms with Gasteiger partial charge in [-0.3, -0.25) is 0 Å². The van der Waals surface area contributed by atoms with E-state index in [2.05, 4.69) is 235 Å². The maximum atomic E-state index is 5.31. The van der Waals surface area contributed by atoms with Crippen LogP contribution >= 0.6 is 0 Å². The molecule has 10 aromatic carbocycles. The lowest BCUT2D eigenvalue weighted by atomic mass is 9.92. The second-order valence-corrected chi connectivity index (χ2v) is 16.3. The molecule has 0 aliphatic rings. The van der Waals surface area contributed by atoms with Gasteiger partial charge in [0.1, 0.15) is 0 Å². The fourth-order valence-corrected chi connectivity index (χ4v) is 9.43. The highest BCUT2D eigenvalue weighted by atomic mass is 15.0. The summed E-state index contributed by atoms with van der Waals surface area (Å²) in [6.45, 7) is 0. The average Bonchev–Trinajstić information content (AvgIpc) is 3.73. The molecule has 0 aliphatic carbocycles. The molecule has 2 heterocycles. The van der Waals surface area contributed by atoms with Gasteiger partial charge in [-0.1, -0.05) is 212 Å². The number of hydrogen-bond acceptors (Lipinski definition) is 3. The van der Waals surface area contributed by atoms with E-state index >= 15 is 0 Å². The number of aromatic nitrogens is 4. The number of fused-ring (bicyclic) bond motifs is 4. The number of benzene rings is 10. The second-order valence-electron chi connectivity index (χ2n) is 16.3. The van der Waals surface area contributed by atoms with E-state index in [1.54, 1.807) is 0 Å². The van der Waals surface area contributed by atoms with Gasteiger partial charge in [0.15, 0.2) is 17.5 Å². The molecule has 0 atom stereocenters. The Morgan fingerprint density at radius 1 is 0.231 bits per heavy atom. The maximum Gasteiger partial charge on any atom is 0.164 e. The zero-order chi connectivity index (χ0) is 43.1. The lowest BCUT2D eigenvalue weighted by Crippen LogP contribution is -2.01. The number of nitrogens with zero attached hydrogens (tertiary/aromatic N) is 4. The van der Waals surface area contributed by atoms with Gasteiger partial charge in [-0.25, -0.2) is 15.0 Å². The van der Waals surface area contributed by atoms with Crippen LogP contribution in [0.5, 0.6) is 0 Å². The molecule has 65 heavy (non-hydrogen) atoms. The molecule has 0 spiro atoms. The number of rotatable bonds is 8. The van der Waals surface area contributed by atoms with E-state index in [9.17, 15) is 0 Å². The van der Waals surface area contributed by atoms with Gasteiger partial charge < -0.3 is 4.57 Å². The third-order valence-electron chi connectivity index (χ3n) is 12.5. The van der Waals surface area contributed by atoms with Gasteiger partial charge in [-0.05, 0) is 80.0 Å². The van der Waals surface area contributed by atoms with E-state index in [1.165, 1.54) is 27.4 Å². The third-order valence-corrected chi connectivity index (χ3v) is 12.5. The zero-order valence-corrected chi connectivity index (χ0v) is 35.4. The molecule has 0 N–H and O–H groups in total. The Balaban J connectivity index is 0.996. The molecule has 12 rings (SSSR count). The van der Waals surface area contributed by atoms with Crippen LogP contribution in [0.3, 0.4) is 0 Å². The topological polar surface area (TPSA) is 43.6 Å². The minimum Gasteiger partial charge on any atom is -0.309 e. The molecule has 0 amide bonds. The van der Waals surface area contributed by atoms with Gasteiger partial charge in [0, 0.05) is 33.0 Å². The summed E-state index contributed by atoms with van der Waals surface area (Å²) < 4.78 is 2.41. The zero-order valence-electron chi connectivity index (χ0n) is 35.4. The smallest absolute Gasteiger partial charge is 0.164 e. The average molecular weight is 829 g/mol. The van der Waals surface area contributed by atoms with Crippen molar-refractivity contribution in [2.75, 3.05) is 0 Å². The summed E-state index contributed by atoms with van der Waals surface area (Å²) in [5, 5.41) is 4.69. The van der Waals surface area contributed by atoms with Crippen molar-refractivity contribution in [3.05, 3.63) is 243 Å². The molecule has 0 saturated carbocycles. The van der Waals surface area contributed by atoms with E-state index in [0.717, 1.165) is 72.1 Å². The molecule has 0 aliphatic heterocycles. The van der Waals surface area contributed by atoms with Crippen LogP contribution in [0, 0.1) is 0 Å². The van der Waals surface area contributed by atoms with E-state index in [4.69, 9.17) is 15.0 Å². The normalized spacial score (nSPS) is 11.4. The van der Waals surface area contributed by atoms with Crippen molar-refractivity contribution in [3.63, 3.8) is 0 Å². The van der Waals surface area contributed by atoms with Crippen LogP contribution in [0.1, 0.15) is 0 Å². The van der Waals surface area contributed by atoms with Crippen LogP contribution in [-0.2, 0) is 0 Å². The lowest BCUT2D eigenvalue weighted by Gasteiger charge is -2.16. The SMILES string of the molecule is c1ccc(-c2ccc(-c3nc(-c4ccccc4-c4ccccc4)nc(-c4ccc(-c5cccc(-c6ccccc6-n6c7ccccc7c7ccccc76)c5)c5ccccc45)n3)cc2)cc1. The molecule has 2 aromatic heterocycles. The standard InChI is InChI=1S/C61H40N4/c1-3-18-41(19-4-1)42-34-36-44(37-35-42)59-62-60(54-30-10-7-24-47(54)43-20-5-2-6-21-43)64-61(63-59)55-39-38-48(50-26-8-9-27-51(50)55)45-22-17-23-46(40-45)49-25-11-14-31-56(49)65-57-32-15-12-28-52(57)53-29-13-16-33-58(53)65/h1-40H. The Kier molecular flexibility index (Phi) is 9.46. The Morgan fingerprint density at radius 2 is 0.662 bits per heavy atom. The molecule has 12 aromatic rings. The Hall–Kier alpha value is -8.73. The highest BCUT2D eigenvalue weighted by molar-refractivity contribution is 6.10. The highest BCUT2D eigenvalue weighted by Crippen LogP contribution is 2.40. The fourth-order valence-electron chi connectivity index (χ4n) is 9.43. The molecular weight excluding hydrogens is 789 g/mol. The van der Waals surface area contributed by atoms with E-state index in [1.807, 2.05) is 12.1 Å². The molecule has 4 heteroatoms. The van der Waals surface area contributed by atoms with Gasteiger partial charge in [-0.2, -0.15) is 0 Å². The Bertz CT molecular complexity index is 3650. The predicted molar refractivity (Wildman–Crippen MR) is 270 cm³/mol. The lowest BCUT2D eigenvalue weighted by molar-refractivity contribution is 1.08. The van der Waals surface area contributed by atoms with E-state index in [0.29, 0.717) is 17.5 Å². The first kappa shape index (κ1) is 38.0. The number of hydrogen-bond donors (Lipinski definition) is 0. The Morgan fingerprint density at radius 3 is 1.34 bits per heavy atom. The van der Waals surface area contributed by atoms with Gasteiger partial charge in [0.2, 0.25) is 0 Å². The first-order chi connectivity index (χ1) is 32.2. The van der Waals surface area contributed by atoms with Crippen LogP contribution in [0.25, 0.3) is 117 Å². The summed E-state index contributed by atoms with van der Waals surface area (Å²) in [7, 11) is 0. The van der Waals surface area contributed by atoms with Crippen molar-refractivity contribution in [2.45, 2.75) is 0 Å². The van der Waals surface area contributed by atoms with Crippen LogP contribution in [0.15, 0.2) is 243 Å². The predicted octanol–water partition coefficient (Wildman–Crippen LogP) is 15.8. The quantitative estimate of drug-likeness (QED) is 0.153. The second kappa shape index (κ2) is 16.2. The summed E-state index contributed by atoms with van der Waals surface area (Å²) in [6.07, 6.45) is 0. The Labute approximate surface area is 377 Å². The largest absolute Gasteiger partial charge is 0.309 e. The molecule has 304 valence electrons. The van der Waals surface area contributed by atoms with Crippen molar-refractivity contribution in [2.24, 2.45) is 0 Å². The van der Waals surface area contributed by atoms with Crippen molar-refractivity contribution in [1.29, 1.82) is 0 Å². The van der Waals surface area contributed by atoms with Gasteiger partial charge in [0.25, 0.3) is 0 Å². The minimum atomic E-state index is 0.621. The van der Waals surface area contributed by atoms with Crippen LogP contribution in [-0.4, -0.2) is 19.5 Å². The molecule has 0 fully saturated rings. The molecule has 0 bridgehead atoms. The molecule has 4 nitrogen and oxygen atoms in total. The number of para-hydroxylation sites is 3. The first-order valence-corrected chi connectivity index (χ1v) is 22.0. The molecule has 0 radical (unpaired) electrons.